The van der Waals surface area contributed by atoms with Crippen LogP contribution in [0.15, 0.2) is 66.0 Å². The SMILES string of the molecule is Cc1cccc(NC(=O)NC[C@@H](c2cccs2)N2CCc3ccccc3C2)c1. The molecule has 4 rings (SSSR count). The zero-order chi connectivity index (χ0) is 19.3. The Hall–Kier alpha value is -2.63. The highest BCUT2D eigenvalue weighted by Gasteiger charge is 2.25. The molecule has 28 heavy (non-hydrogen) atoms. The predicted octanol–water partition coefficient (Wildman–Crippen LogP) is 4.98. The lowest BCUT2D eigenvalue weighted by atomic mass is 9.98. The molecule has 1 aliphatic rings. The topological polar surface area (TPSA) is 44.4 Å². The van der Waals surface area contributed by atoms with E-state index in [9.17, 15) is 4.79 Å². The van der Waals surface area contributed by atoms with Gasteiger partial charge < -0.3 is 10.6 Å². The average molecular weight is 392 g/mol. The molecule has 0 radical (unpaired) electrons. The van der Waals surface area contributed by atoms with E-state index >= 15 is 0 Å². The van der Waals surface area contributed by atoms with Crippen molar-refractivity contribution >= 4 is 23.1 Å². The van der Waals surface area contributed by atoms with Crippen LogP contribution in [0.1, 0.15) is 27.6 Å². The summed E-state index contributed by atoms with van der Waals surface area (Å²) in [6, 6.07) is 20.8. The molecule has 4 nitrogen and oxygen atoms in total. The first kappa shape index (κ1) is 18.7. The lowest BCUT2D eigenvalue weighted by Gasteiger charge is -2.35. The molecule has 0 saturated carbocycles. The van der Waals surface area contributed by atoms with E-state index in [2.05, 4.69) is 57.3 Å². The molecular formula is C23H25N3OS. The summed E-state index contributed by atoms with van der Waals surface area (Å²) in [6.45, 7) is 4.52. The largest absolute Gasteiger partial charge is 0.336 e. The van der Waals surface area contributed by atoms with Crippen molar-refractivity contribution in [3.05, 3.63) is 87.6 Å². The van der Waals surface area contributed by atoms with Gasteiger partial charge in [-0.3, -0.25) is 4.90 Å². The van der Waals surface area contributed by atoms with Gasteiger partial charge in [-0.2, -0.15) is 0 Å². The molecule has 3 aromatic rings. The summed E-state index contributed by atoms with van der Waals surface area (Å²) in [7, 11) is 0. The number of hydrogen-bond donors (Lipinski definition) is 2. The van der Waals surface area contributed by atoms with Crippen molar-refractivity contribution in [2.75, 3.05) is 18.4 Å². The number of nitrogens with one attached hydrogen (secondary N) is 2. The maximum atomic E-state index is 12.4. The first-order valence-electron chi connectivity index (χ1n) is 9.65. The van der Waals surface area contributed by atoms with E-state index in [0.29, 0.717) is 6.54 Å². The Labute approximate surface area is 170 Å². The van der Waals surface area contributed by atoms with Crippen molar-refractivity contribution in [1.82, 2.24) is 10.2 Å². The lowest BCUT2D eigenvalue weighted by molar-refractivity contribution is 0.178. The second-order valence-electron chi connectivity index (χ2n) is 7.22. The van der Waals surface area contributed by atoms with Gasteiger partial charge in [-0.05, 0) is 53.6 Å². The number of nitrogens with zero attached hydrogens (tertiary/aromatic N) is 1. The molecule has 2 N–H and O–H groups in total. The molecule has 0 fully saturated rings. The summed E-state index contributed by atoms with van der Waals surface area (Å²) in [4.78, 5) is 16.2. The third-order valence-electron chi connectivity index (χ3n) is 5.20. The summed E-state index contributed by atoms with van der Waals surface area (Å²) < 4.78 is 0. The zero-order valence-electron chi connectivity index (χ0n) is 16.0. The molecular weight excluding hydrogens is 366 g/mol. The molecule has 2 heterocycles. The van der Waals surface area contributed by atoms with Gasteiger partial charge in [0.05, 0.1) is 6.04 Å². The van der Waals surface area contributed by atoms with Crippen molar-refractivity contribution < 1.29 is 4.79 Å². The fourth-order valence-corrected chi connectivity index (χ4v) is 4.62. The Balaban J connectivity index is 1.43. The van der Waals surface area contributed by atoms with Crippen LogP contribution in [0.4, 0.5) is 10.5 Å². The monoisotopic (exact) mass is 391 g/mol. The summed E-state index contributed by atoms with van der Waals surface area (Å²) in [6.07, 6.45) is 1.05. The van der Waals surface area contributed by atoms with Crippen LogP contribution in [0.2, 0.25) is 0 Å². The average Bonchev–Trinajstić information content (AvgIpc) is 3.22. The summed E-state index contributed by atoms with van der Waals surface area (Å²) in [5, 5.41) is 8.12. The van der Waals surface area contributed by atoms with Gasteiger partial charge in [0.2, 0.25) is 0 Å². The quantitative estimate of drug-likeness (QED) is 0.644. The van der Waals surface area contributed by atoms with Gasteiger partial charge in [0.15, 0.2) is 0 Å². The summed E-state index contributed by atoms with van der Waals surface area (Å²) in [5.74, 6) is 0. The van der Waals surface area contributed by atoms with E-state index in [0.717, 1.165) is 30.8 Å². The van der Waals surface area contributed by atoms with Crippen LogP contribution in [0.5, 0.6) is 0 Å². The molecule has 0 bridgehead atoms. The molecule has 5 heteroatoms. The molecule has 1 atom stereocenters. The predicted molar refractivity (Wildman–Crippen MR) is 116 cm³/mol. The van der Waals surface area contributed by atoms with Crippen LogP contribution in [-0.4, -0.2) is 24.0 Å². The van der Waals surface area contributed by atoms with Gasteiger partial charge >= 0.3 is 6.03 Å². The van der Waals surface area contributed by atoms with Gasteiger partial charge in [-0.25, -0.2) is 4.79 Å². The molecule has 2 amide bonds. The van der Waals surface area contributed by atoms with Gasteiger partial charge in [0, 0.05) is 30.2 Å². The van der Waals surface area contributed by atoms with Crippen LogP contribution >= 0.6 is 11.3 Å². The Morgan fingerprint density at radius 3 is 2.75 bits per heavy atom. The third-order valence-corrected chi connectivity index (χ3v) is 6.18. The normalized spacial score (nSPS) is 14.9. The Morgan fingerprint density at radius 1 is 1.11 bits per heavy atom. The van der Waals surface area contributed by atoms with Crippen LogP contribution < -0.4 is 10.6 Å². The number of rotatable bonds is 5. The van der Waals surface area contributed by atoms with Crippen LogP contribution in [0.25, 0.3) is 0 Å². The Kier molecular flexibility index (Phi) is 5.74. The van der Waals surface area contributed by atoms with Gasteiger partial charge in [0.25, 0.3) is 0 Å². The van der Waals surface area contributed by atoms with Crippen LogP contribution in [-0.2, 0) is 13.0 Å². The fourth-order valence-electron chi connectivity index (χ4n) is 3.76. The van der Waals surface area contributed by atoms with E-state index in [-0.39, 0.29) is 12.1 Å². The van der Waals surface area contributed by atoms with E-state index in [1.165, 1.54) is 16.0 Å². The Bertz CT molecular complexity index is 939. The van der Waals surface area contributed by atoms with Crippen molar-refractivity contribution in [2.45, 2.75) is 25.9 Å². The van der Waals surface area contributed by atoms with Crippen molar-refractivity contribution in [1.29, 1.82) is 0 Å². The molecule has 0 unspecified atom stereocenters. The number of fused-ring (bicyclic) bond motifs is 1. The Morgan fingerprint density at radius 2 is 1.96 bits per heavy atom. The third kappa shape index (κ3) is 4.43. The van der Waals surface area contributed by atoms with Crippen LogP contribution in [0.3, 0.4) is 0 Å². The highest BCUT2D eigenvalue weighted by Crippen LogP contribution is 2.30. The molecule has 144 valence electrons. The van der Waals surface area contributed by atoms with Gasteiger partial charge in [0.1, 0.15) is 0 Å². The molecule has 1 aromatic heterocycles. The minimum atomic E-state index is -0.162. The molecule has 2 aromatic carbocycles. The van der Waals surface area contributed by atoms with E-state index in [4.69, 9.17) is 0 Å². The highest BCUT2D eigenvalue weighted by molar-refractivity contribution is 7.10. The number of anilines is 1. The van der Waals surface area contributed by atoms with Gasteiger partial charge in [-0.1, -0.05) is 42.5 Å². The first-order chi connectivity index (χ1) is 13.7. The number of benzene rings is 2. The smallest absolute Gasteiger partial charge is 0.319 e. The van der Waals surface area contributed by atoms with E-state index in [1.54, 1.807) is 11.3 Å². The summed E-state index contributed by atoms with van der Waals surface area (Å²) in [5.41, 5.74) is 4.77. The number of amides is 2. The number of aryl methyl sites for hydroxylation is 1. The number of hydrogen-bond acceptors (Lipinski definition) is 3. The molecule has 0 spiro atoms. The second-order valence-corrected chi connectivity index (χ2v) is 8.20. The van der Waals surface area contributed by atoms with Crippen molar-refractivity contribution in [2.24, 2.45) is 0 Å². The lowest BCUT2D eigenvalue weighted by Crippen LogP contribution is -2.41. The second kappa shape index (κ2) is 8.59. The van der Waals surface area contributed by atoms with Gasteiger partial charge in [-0.15, -0.1) is 11.3 Å². The number of carbonyl (C=O) groups is 1. The maximum absolute atomic E-state index is 12.4. The number of thiophene rings is 1. The van der Waals surface area contributed by atoms with E-state index < -0.39 is 0 Å². The first-order valence-corrected chi connectivity index (χ1v) is 10.5. The zero-order valence-corrected chi connectivity index (χ0v) is 16.8. The standard InChI is InChI=1S/C23H25N3OS/c1-17-6-4-9-20(14-17)25-23(27)24-15-21(22-10-5-13-28-22)26-12-11-18-7-2-3-8-19(18)16-26/h2-10,13-14,21H,11-12,15-16H2,1H3,(H2,24,25,27)/t21-/m0/s1. The summed E-state index contributed by atoms with van der Waals surface area (Å²) >= 11 is 1.75. The minimum Gasteiger partial charge on any atom is -0.336 e. The number of carbonyl (C=O) groups excluding carboxylic acids is 1. The van der Waals surface area contributed by atoms with Crippen molar-refractivity contribution in [3.63, 3.8) is 0 Å². The van der Waals surface area contributed by atoms with Crippen LogP contribution in [0, 0.1) is 6.92 Å². The highest BCUT2D eigenvalue weighted by atomic mass is 32.1. The van der Waals surface area contributed by atoms with Crippen molar-refractivity contribution in [3.8, 4) is 0 Å². The molecule has 0 aliphatic carbocycles. The molecule has 1 aliphatic heterocycles. The fraction of sp³-hybridized carbons (Fsp3) is 0.261. The van der Waals surface area contributed by atoms with E-state index in [1.807, 2.05) is 31.2 Å². The number of urea groups is 1. The maximum Gasteiger partial charge on any atom is 0.319 e. The molecule has 0 saturated heterocycles. The minimum absolute atomic E-state index is 0.162.